The Morgan fingerprint density at radius 2 is 1.64 bits per heavy atom. The molecule has 0 bridgehead atoms. The molecule has 1 aromatic carbocycles. The molecule has 0 fully saturated rings. The van der Waals surface area contributed by atoms with Gasteiger partial charge < -0.3 is 23.8 Å². The second kappa shape index (κ2) is 8.52. The van der Waals surface area contributed by atoms with Crippen molar-refractivity contribution in [3.8, 4) is 11.5 Å². The van der Waals surface area contributed by atoms with E-state index >= 15 is 0 Å². The van der Waals surface area contributed by atoms with Gasteiger partial charge in [0.25, 0.3) is 0 Å². The molecule has 0 radical (unpaired) electrons. The minimum Gasteiger partial charge on any atom is -0.461 e. The van der Waals surface area contributed by atoms with E-state index in [1.54, 1.807) is 50.8 Å². The van der Waals surface area contributed by atoms with Gasteiger partial charge in [-0.1, -0.05) is 0 Å². The molecule has 0 spiro atoms. The zero-order valence-electron chi connectivity index (χ0n) is 16.2. The number of hydrogen-bond donors (Lipinski definition) is 0. The normalized spacial score (nSPS) is 12.5. The first-order valence-electron chi connectivity index (χ1n) is 9.00. The minimum absolute atomic E-state index is 0.131. The van der Waals surface area contributed by atoms with Crippen molar-refractivity contribution in [2.24, 2.45) is 0 Å². The Bertz CT molecular complexity index is 811. The summed E-state index contributed by atoms with van der Waals surface area (Å²) in [5, 5.41) is 2.57. The minimum atomic E-state index is -1.29. The van der Waals surface area contributed by atoms with Crippen molar-refractivity contribution in [1.82, 2.24) is 0 Å². The molecule has 150 valence electrons. The van der Waals surface area contributed by atoms with Gasteiger partial charge in [-0.3, -0.25) is 0 Å². The Morgan fingerprint density at radius 3 is 2.21 bits per heavy atom. The van der Waals surface area contributed by atoms with Crippen LogP contribution in [0.1, 0.15) is 27.7 Å². The second-order valence-electron chi connectivity index (χ2n) is 6.73. The predicted molar refractivity (Wildman–Crippen MR) is 105 cm³/mol. The SMILES string of the molecule is CC(C)OC(=O)C(C(=O)OC(C)C)N(c1ccc2c(c1)OCO2)c1cccs1. The van der Waals surface area contributed by atoms with Crippen molar-refractivity contribution in [3.63, 3.8) is 0 Å². The van der Waals surface area contributed by atoms with Crippen molar-refractivity contribution in [2.45, 2.75) is 45.9 Å². The number of carbonyl (C=O) groups is 2. The molecule has 1 aromatic heterocycles. The standard InChI is InChI=1S/C20H23NO6S/c1-12(2)26-19(22)18(20(23)27-13(3)4)21(17-6-5-9-28-17)14-7-8-15-16(10-14)25-11-24-15/h5-10,12-13,18H,11H2,1-4H3. The molecule has 28 heavy (non-hydrogen) atoms. The molecule has 0 saturated heterocycles. The lowest BCUT2D eigenvalue weighted by molar-refractivity contribution is -0.160. The van der Waals surface area contributed by atoms with E-state index in [1.807, 2.05) is 17.5 Å². The van der Waals surface area contributed by atoms with Crippen LogP contribution >= 0.6 is 11.3 Å². The van der Waals surface area contributed by atoms with Crippen molar-refractivity contribution >= 4 is 34.0 Å². The zero-order valence-corrected chi connectivity index (χ0v) is 17.0. The lowest BCUT2D eigenvalue weighted by Gasteiger charge is -2.30. The van der Waals surface area contributed by atoms with E-state index in [4.69, 9.17) is 18.9 Å². The second-order valence-corrected chi connectivity index (χ2v) is 7.66. The number of anilines is 2. The number of thiophene rings is 1. The third-order valence-electron chi connectivity index (χ3n) is 3.79. The number of esters is 2. The van der Waals surface area contributed by atoms with Crippen LogP contribution in [0.4, 0.5) is 10.7 Å². The molecule has 1 aliphatic heterocycles. The molecule has 0 N–H and O–H groups in total. The number of ether oxygens (including phenoxy) is 4. The largest absolute Gasteiger partial charge is 0.461 e. The third-order valence-corrected chi connectivity index (χ3v) is 4.65. The Morgan fingerprint density at radius 1 is 1.00 bits per heavy atom. The van der Waals surface area contributed by atoms with E-state index in [2.05, 4.69) is 0 Å². The molecule has 0 amide bonds. The number of benzene rings is 1. The monoisotopic (exact) mass is 405 g/mol. The molecule has 7 nitrogen and oxygen atoms in total. The van der Waals surface area contributed by atoms with Crippen LogP contribution in [0.15, 0.2) is 35.7 Å². The Hall–Kier alpha value is -2.74. The highest BCUT2D eigenvalue weighted by atomic mass is 32.1. The maximum atomic E-state index is 12.9. The maximum absolute atomic E-state index is 12.9. The smallest absolute Gasteiger partial charge is 0.341 e. The quantitative estimate of drug-likeness (QED) is 0.511. The average Bonchev–Trinajstić information content (AvgIpc) is 3.28. The fourth-order valence-electron chi connectivity index (χ4n) is 2.75. The highest BCUT2D eigenvalue weighted by molar-refractivity contribution is 7.14. The van der Waals surface area contributed by atoms with Crippen LogP contribution in [0.2, 0.25) is 0 Å². The number of hydrogen-bond acceptors (Lipinski definition) is 8. The first kappa shape index (κ1) is 20.0. The van der Waals surface area contributed by atoms with Crippen molar-refractivity contribution in [1.29, 1.82) is 0 Å². The number of carbonyl (C=O) groups excluding carboxylic acids is 2. The Labute approximate surface area is 167 Å². The lowest BCUT2D eigenvalue weighted by Crippen LogP contribution is -2.47. The van der Waals surface area contributed by atoms with E-state index < -0.39 is 18.0 Å². The van der Waals surface area contributed by atoms with Gasteiger partial charge in [-0.2, -0.15) is 0 Å². The average molecular weight is 405 g/mol. The molecular weight excluding hydrogens is 382 g/mol. The summed E-state index contributed by atoms with van der Waals surface area (Å²) in [5.41, 5.74) is 0.595. The van der Waals surface area contributed by atoms with Crippen LogP contribution in [-0.4, -0.2) is 37.0 Å². The van der Waals surface area contributed by atoms with Gasteiger partial charge in [0.1, 0.15) is 0 Å². The number of rotatable bonds is 7. The molecule has 1 aliphatic rings. The number of nitrogens with zero attached hydrogens (tertiary/aromatic N) is 1. The van der Waals surface area contributed by atoms with E-state index in [9.17, 15) is 9.59 Å². The Kier molecular flexibility index (Phi) is 6.08. The molecule has 0 saturated carbocycles. The summed E-state index contributed by atoms with van der Waals surface area (Å²) in [6, 6.07) is 7.64. The van der Waals surface area contributed by atoms with E-state index in [1.165, 1.54) is 11.3 Å². The van der Waals surface area contributed by atoms with Crippen LogP contribution in [0, 0.1) is 0 Å². The third kappa shape index (κ3) is 4.39. The van der Waals surface area contributed by atoms with Crippen LogP contribution in [0.25, 0.3) is 0 Å². The molecule has 3 rings (SSSR count). The molecule has 8 heteroatoms. The van der Waals surface area contributed by atoms with E-state index in [0.29, 0.717) is 22.2 Å². The summed E-state index contributed by atoms with van der Waals surface area (Å²) in [6.07, 6.45) is -0.743. The molecular formula is C20H23NO6S. The summed E-state index contributed by atoms with van der Waals surface area (Å²) < 4.78 is 21.6. The van der Waals surface area contributed by atoms with Crippen LogP contribution in [-0.2, 0) is 19.1 Å². The molecule has 0 aliphatic carbocycles. The van der Waals surface area contributed by atoms with Gasteiger partial charge in [0.2, 0.25) is 12.8 Å². The van der Waals surface area contributed by atoms with Crippen LogP contribution < -0.4 is 14.4 Å². The maximum Gasteiger partial charge on any atom is 0.341 e. The van der Waals surface area contributed by atoms with Gasteiger partial charge in [-0.15, -0.1) is 11.3 Å². The van der Waals surface area contributed by atoms with E-state index in [-0.39, 0.29) is 19.0 Å². The molecule has 0 unspecified atom stereocenters. The summed E-state index contributed by atoms with van der Waals surface area (Å²) in [6.45, 7) is 7.07. The molecule has 0 atom stereocenters. The number of fused-ring (bicyclic) bond motifs is 1. The highest BCUT2D eigenvalue weighted by Gasteiger charge is 2.39. The van der Waals surface area contributed by atoms with E-state index in [0.717, 1.165) is 0 Å². The van der Waals surface area contributed by atoms with Crippen molar-refractivity contribution in [2.75, 3.05) is 11.7 Å². The highest BCUT2D eigenvalue weighted by Crippen LogP contribution is 2.40. The summed E-state index contributed by atoms with van der Waals surface area (Å²) >= 11 is 1.40. The summed E-state index contributed by atoms with van der Waals surface area (Å²) in [4.78, 5) is 27.4. The van der Waals surface area contributed by atoms with Gasteiger partial charge in [0.15, 0.2) is 11.5 Å². The first-order valence-corrected chi connectivity index (χ1v) is 9.88. The fraction of sp³-hybridized carbons (Fsp3) is 0.400. The van der Waals surface area contributed by atoms with Gasteiger partial charge in [-0.25, -0.2) is 9.59 Å². The van der Waals surface area contributed by atoms with Gasteiger partial charge >= 0.3 is 11.9 Å². The van der Waals surface area contributed by atoms with Gasteiger partial charge in [-0.05, 0) is 57.3 Å². The fourth-order valence-corrected chi connectivity index (χ4v) is 3.52. The molecule has 2 heterocycles. The van der Waals surface area contributed by atoms with Gasteiger partial charge in [0, 0.05) is 11.8 Å². The lowest BCUT2D eigenvalue weighted by atomic mass is 10.2. The van der Waals surface area contributed by atoms with Crippen molar-refractivity contribution < 1.29 is 28.5 Å². The topological polar surface area (TPSA) is 74.3 Å². The predicted octanol–water partition coefficient (Wildman–Crippen LogP) is 3.89. The van der Waals surface area contributed by atoms with Crippen LogP contribution in [0.3, 0.4) is 0 Å². The summed E-state index contributed by atoms with van der Waals surface area (Å²) in [7, 11) is 0. The molecule has 2 aromatic rings. The van der Waals surface area contributed by atoms with Gasteiger partial charge in [0.05, 0.1) is 17.2 Å². The summed E-state index contributed by atoms with van der Waals surface area (Å²) in [5.74, 6) is -0.188. The Balaban J connectivity index is 2.06. The van der Waals surface area contributed by atoms with Crippen LogP contribution in [0.5, 0.6) is 11.5 Å². The first-order chi connectivity index (χ1) is 13.4. The van der Waals surface area contributed by atoms with Crippen molar-refractivity contribution in [3.05, 3.63) is 35.7 Å². The zero-order chi connectivity index (χ0) is 20.3.